The highest BCUT2D eigenvalue weighted by atomic mass is 79.9. The molecule has 0 spiro atoms. The van der Waals surface area contributed by atoms with E-state index in [1.807, 2.05) is 0 Å². The molecule has 0 unspecified atom stereocenters. The van der Waals surface area contributed by atoms with E-state index in [1.54, 1.807) is 24.3 Å². The smallest absolute Gasteiger partial charge is 0.232 e. The van der Waals surface area contributed by atoms with Crippen molar-refractivity contribution >= 4 is 65.2 Å². The third-order valence-corrected chi connectivity index (χ3v) is 9.67. The Hall–Kier alpha value is -0.200. The van der Waals surface area contributed by atoms with Crippen LogP contribution in [0.4, 0.5) is 5.69 Å². The Morgan fingerprint density at radius 3 is 2.17 bits per heavy atom. The van der Waals surface area contributed by atoms with E-state index < -0.39 is 5.41 Å². The number of anilines is 1. The largest absolute Gasteiger partial charge is 0.326 e. The van der Waals surface area contributed by atoms with Crippen molar-refractivity contribution in [3.05, 3.63) is 29.8 Å². The molecule has 0 saturated heterocycles. The summed E-state index contributed by atoms with van der Waals surface area (Å²) in [6, 6.07) is 7.08. The van der Waals surface area contributed by atoms with Crippen molar-refractivity contribution in [1.82, 2.24) is 0 Å². The quantitative estimate of drug-likeness (QED) is 0.419. The van der Waals surface area contributed by atoms with Crippen LogP contribution < -0.4 is 5.32 Å². The summed E-state index contributed by atoms with van der Waals surface area (Å²) in [5.41, 5.74) is 0.840. The van der Waals surface area contributed by atoms with E-state index in [2.05, 4.69) is 67.0 Å². The zero-order valence-corrected chi connectivity index (χ0v) is 18.6. The highest BCUT2D eigenvalue weighted by Gasteiger charge is 2.83. The number of carbonyl (C=O) groups excluding carboxylic acids is 2. The summed E-state index contributed by atoms with van der Waals surface area (Å²) in [5, 5.41) is 3.06. The predicted molar refractivity (Wildman–Crippen MR) is 107 cm³/mol. The maximum Gasteiger partial charge on any atom is 0.232 e. The standard InChI is InChI=1S/C18H20Br3NO2/c1-10(23)11-4-6-12(7-5-11)22-15(24)18-9-8-17(13(18)19,14(20)21)16(18,2)3/h4-7,13-14H,8-9H2,1-3H3,(H,22,24)/t13-,17-,18-/m0/s1. The molecule has 3 nitrogen and oxygen atoms in total. The molecule has 1 amide bonds. The first kappa shape index (κ1) is 18.6. The molecule has 1 N–H and O–H groups in total. The molecule has 3 saturated carbocycles. The summed E-state index contributed by atoms with van der Waals surface area (Å²) in [6.07, 6.45) is 1.86. The molecule has 3 atom stereocenters. The van der Waals surface area contributed by atoms with Crippen LogP contribution in [0.3, 0.4) is 0 Å². The number of hydrogen-bond donors (Lipinski definition) is 1. The average molecular weight is 522 g/mol. The molecule has 1 aromatic carbocycles. The van der Waals surface area contributed by atoms with Crippen LogP contribution in [0.15, 0.2) is 24.3 Å². The van der Waals surface area contributed by atoms with E-state index in [-0.39, 0.29) is 31.1 Å². The fourth-order valence-electron chi connectivity index (χ4n) is 4.73. The van der Waals surface area contributed by atoms with Crippen molar-refractivity contribution in [2.45, 2.75) is 42.2 Å². The predicted octanol–water partition coefficient (Wildman–Crippen LogP) is 5.51. The lowest BCUT2D eigenvalue weighted by molar-refractivity contribution is -0.155. The molecule has 2 bridgehead atoms. The summed E-state index contributed by atoms with van der Waals surface area (Å²) in [4.78, 5) is 24.6. The van der Waals surface area contributed by atoms with Crippen LogP contribution in [-0.2, 0) is 4.79 Å². The Labute approximate surface area is 167 Å². The number of benzene rings is 1. The van der Waals surface area contributed by atoms with Gasteiger partial charge in [-0.05, 0) is 49.4 Å². The molecule has 3 aliphatic carbocycles. The van der Waals surface area contributed by atoms with Crippen molar-refractivity contribution in [3.8, 4) is 0 Å². The lowest BCUT2D eigenvalue weighted by Gasteiger charge is -2.66. The van der Waals surface area contributed by atoms with Gasteiger partial charge in [0.15, 0.2) is 5.78 Å². The van der Waals surface area contributed by atoms with E-state index >= 15 is 0 Å². The molecule has 4 rings (SSSR count). The van der Waals surface area contributed by atoms with Crippen molar-refractivity contribution in [3.63, 3.8) is 0 Å². The van der Waals surface area contributed by atoms with Gasteiger partial charge in [0.05, 0.1) is 9.15 Å². The molecule has 1 aromatic rings. The summed E-state index contributed by atoms with van der Waals surface area (Å²) in [5.74, 6) is 0.0760. The van der Waals surface area contributed by atoms with Gasteiger partial charge in [0, 0.05) is 21.5 Å². The Morgan fingerprint density at radius 2 is 1.75 bits per heavy atom. The van der Waals surface area contributed by atoms with Gasteiger partial charge in [-0.25, -0.2) is 0 Å². The van der Waals surface area contributed by atoms with E-state index in [1.165, 1.54) is 6.92 Å². The van der Waals surface area contributed by atoms with Gasteiger partial charge >= 0.3 is 0 Å². The van der Waals surface area contributed by atoms with Crippen LogP contribution in [0, 0.1) is 16.2 Å². The van der Waals surface area contributed by atoms with E-state index in [0.29, 0.717) is 5.56 Å². The lowest BCUT2D eigenvalue weighted by Crippen LogP contribution is -2.71. The Bertz CT molecular complexity index is 701. The zero-order valence-electron chi connectivity index (χ0n) is 13.8. The topological polar surface area (TPSA) is 46.2 Å². The second-order valence-corrected chi connectivity index (χ2v) is 11.4. The van der Waals surface area contributed by atoms with Crippen LogP contribution in [-0.4, -0.2) is 20.3 Å². The first-order chi connectivity index (χ1) is 11.1. The van der Waals surface area contributed by atoms with Crippen LogP contribution in [0.25, 0.3) is 0 Å². The molecule has 0 aliphatic heterocycles. The van der Waals surface area contributed by atoms with Crippen LogP contribution in [0.2, 0.25) is 0 Å². The number of alkyl halides is 3. The lowest BCUT2D eigenvalue weighted by atomic mass is 9.43. The van der Waals surface area contributed by atoms with Gasteiger partial charge in [0.25, 0.3) is 0 Å². The number of hydrogen-bond acceptors (Lipinski definition) is 2. The highest BCUT2D eigenvalue weighted by molar-refractivity contribution is 9.24. The summed E-state index contributed by atoms with van der Waals surface area (Å²) < 4.78 is 0.162. The van der Waals surface area contributed by atoms with Gasteiger partial charge < -0.3 is 5.32 Å². The first-order valence-electron chi connectivity index (χ1n) is 7.96. The summed E-state index contributed by atoms with van der Waals surface area (Å²) in [6.45, 7) is 5.91. The van der Waals surface area contributed by atoms with Gasteiger partial charge in [-0.3, -0.25) is 9.59 Å². The second-order valence-electron chi connectivity index (χ2n) is 7.39. The number of ketones is 1. The minimum atomic E-state index is -0.425. The Morgan fingerprint density at radius 1 is 1.17 bits per heavy atom. The third kappa shape index (κ3) is 2.11. The van der Waals surface area contributed by atoms with Crippen LogP contribution in [0.5, 0.6) is 0 Å². The van der Waals surface area contributed by atoms with Crippen LogP contribution in [0.1, 0.15) is 44.0 Å². The number of halogens is 3. The van der Waals surface area contributed by atoms with E-state index in [4.69, 9.17) is 0 Å². The van der Waals surface area contributed by atoms with E-state index in [9.17, 15) is 9.59 Å². The summed E-state index contributed by atoms with van der Waals surface area (Å²) in [7, 11) is 0. The molecule has 3 aliphatic rings. The minimum absolute atomic E-state index is 0.0167. The normalized spacial score (nSPS) is 33.2. The fraction of sp³-hybridized carbons (Fsp3) is 0.556. The number of amides is 1. The number of carbonyl (C=O) groups is 2. The molecular formula is C18H20Br3NO2. The monoisotopic (exact) mass is 519 g/mol. The third-order valence-electron chi connectivity index (χ3n) is 6.44. The minimum Gasteiger partial charge on any atom is -0.326 e. The van der Waals surface area contributed by atoms with Crippen molar-refractivity contribution in [1.29, 1.82) is 0 Å². The average Bonchev–Trinajstić information content (AvgIpc) is 2.97. The highest BCUT2D eigenvalue weighted by Crippen LogP contribution is 2.82. The van der Waals surface area contributed by atoms with Crippen LogP contribution >= 0.6 is 47.8 Å². The Balaban J connectivity index is 1.85. The van der Waals surface area contributed by atoms with Gasteiger partial charge in [-0.2, -0.15) is 0 Å². The van der Waals surface area contributed by atoms with Gasteiger partial charge in [0.1, 0.15) is 0 Å². The number of nitrogens with one attached hydrogen (secondary N) is 1. The molecular weight excluding hydrogens is 502 g/mol. The molecule has 0 heterocycles. The van der Waals surface area contributed by atoms with Gasteiger partial charge in [0.2, 0.25) is 5.91 Å². The molecule has 130 valence electrons. The maximum atomic E-state index is 13.1. The zero-order chi connectivity index (χ0) is 17.9. The summed E-state index contributed by atoms with van der Waals surface area (Å²) >= 11 is 11.2. The van der Waals surface area contributed by atoms with Crippen molar-refractivity contribution in [2.24, 2.45) is 16.2 Å². The SMILES string of the molecule is CC(=O)c1ccc(NC(=O)[C@]23CC[C@@](C(Br)Br)([C@@H]2Br)C3(C)C)cc1. The number of fused-ring (bicyclic) bond motifs is 1. The molecule has 3 fully saturated rings. The second kappa shape index (κ2) is 5.92. The molecule has 24 heavy (non-hydrogen) atoms. The number of Topliss-reactive ketones (excluding diaryl/α,β-unsaturated/α-hetero) is 1. The van der Waals surface area contributed by atoms with Crippen molar-refractivity contribution in [2.75, 3.05) is 5.32 Å². The molecule has 0 aromatic heterocycles. The fourth-order valence-corrected chi connectivity index (χ4v) is 9.64. The van der Waals surface area contributed by atoms with Gasteiger partial charge in [-0.15, -0.1) is 0 Å². The maximum absolute atomic E-state index is 13.1. The Kier molecular flexibility index (Phi) is 4.58. The van der Waals surface area contributed by atoms with Crippen molar-refractivity contribution < 1.29 is 9.59 Å². The molecule has 6 heteroatoms. The van der Waals surface area contributed by atoms with E-state index in [0.717, 1.165) is 18.5 Å². The number of rotatable bonds is 4. The van der Waals surface area contributed by atoms with Gasteiger partial charge in [-0.1, -0.05) is 61.6 Å². The molecule has 0 radical (unpaired) electrons. The first-order valence-corrected chi connectivity index (χ1v) is 10.7.